The van der Waals surface area contributed by atoms with Gasteiger partial charge in [-0.2, -0.15) is 0 Å². The lowest BCUT2D eigenvalue weighted by Gasteiger charge is -2.36. The number of hydrogen-bond acceptors (Lipinski definition) is 5. The first-order chi connectivity index (χ1) is 9.80. The number of carbonyl (C=O) groups is 1. The van der Waals surface area contributed by atoms with Crippen LogP contribution < -0.4 is 5.73 Å². The number of hydrogen-bond donors (Lipinski definition) is 1. The van der Waals surface area contributed by atoms with Crippen LogP contribution in [0.3, 0.4) is 0 Å². The second-order valence-electron chi connectivity index (χ2n) is 7.27. The van der Waals surface area contributed by atoms with Crippen LogP contribution in [0.1, 0.15) is 40.0 Å². The summed E-state index contributed by atoms with van der Waals surface area (Å²) in [6.45, 7) is 7.62. The van der Waals surface area contributed by atoms with Gasteiger partial charge >= 0.3 is 6.09 Å². The SMILES string of the molecule is CC(C)(C)OC(=O)N1CCC[C@@H](OC23CC2=NCC3N)C1. The maximum atomic E-state index is 12.2. The van der Waals surface area contributed by atoms with Gasteiger partial charge in [-0.1, -0.05) is 0 Å². The van der Waals surface area contributed by atoms with Gasteiger partial charge in [0.05, 0.1) is 25.2 Å². The first-order valence-corrected chi connectivity index (χ1v) is 7.75. The molecule has 0 aromatic carbocycles. The Morgan fingerprint density at radius 1 is 1.48 bits per heavy atom. The second kappa shape index (κ2) is 4.95. The Morgan fingerprint density at radius 2 is 2.24 bits per heavy atom. The molecule has 1 saturated heterocycles. The van der Waals surface area contributed by atoms with E-state index in [0.29, 0.717) is 13.1 Å². The Labute approximate surface area is 125 Å². The number of nitrogens with two attached hydrogens (primary N) is 1. The van der Waals surface area contributed by atoms with E-state index in [1.54, 1.807) is 4.90 Å². The van der Waals surface area contributed by atoms with Crippen molar-refractivity contribution in [2.75, 3.05) is 19.6 Å². The molecule has 0 radical (unpaired) electrons. The fraction of sp³-hybridized carbons (Fsp3) is 0.867. The average molecular weight is 295 g/mol. The molecule has 6 heteroatoms. The van der Waals surface area contributed by atoms with E-state index >= 15 is 0 Å². The second-order valence-corrected chi connectivity index (χ2v) is 7.27. The monoisotopic (exact) mass is 295 g/mol. The van der Waals surface area contributed by atoms with Gasteiger partial charge in [-0.15, -0.1) is 0 Å². The van der Waals surface area contributed by atoms with Crippen LogP contribution in [0.4, 0.5) is 4.79 Å². The predicted octanol–water partition coefficient (Wildman–Crippen LogP) is 1.33. The summed E-state index contributed by atoms with van der Waals surface area (Å²) in [6, 6.07) is -0.0237. The molecule has 2 aliphatic heterocycles. The van der Waals surface area contributed by atoms with E-state index in [2.05, 4.69) is 4.99 Å². The van der Waals surface area contributed by atoms with Crippen molar-refractivity contribution in [1.29, 1.82) is 0 Å². The predicted molar refractivity (Wildman–Crippen MR) is 79.5 cm³/mol. The van der Waals surface area contributed by atoms with Gasteiger partial charge in [0, 0.05) is 18.7 Å². The van der Waals surface area contributed by atoms with Crippen molar-refractivity contribution in [2.45, 2.75) is 63.4 Å². The summed E-state index contributed by atoms with van der Waals surface area (Å²) in [5, 5.41) is 0. The van der Waals surface area contributed by atoms with E-state index in [9.17, 15) is 4.79 Å². The summed E-state index contributed by atoms with van der Waals surface area (Å²) in [5.74, 6) is 0. The molecule has 1 saturated carbocycles. The lowest BCUT2D eigenvalue weighted by molar-refractivity contribution is -0.0608. The molecule has 6 nitrogen and oxygen atoms in total. The molecule has 2 fully saturated rings. The van der Waals surface area contributed by atoms with Gasteiger partial charge in [0.15, 0.2) is 0 Å². The lowest BCUT2D eigenvalue weighted by atomic mass is 10.1. The molecule has 0 spiro atoms. The van der Waals surface area contributed by atoms with Crippen molar-refractivity contribution < 1.29 is 14.3 Å². The Balaban J connectivity index is 1.57. The van der Waals surface area contributed by atoms with E-state index in [0.717, 1.165) is 31.5 Å². The highest BCUT2D eigenvalue weighted by Crippen LogP contribution is 2.44. The molecule has 118 valence electrons. The van der Waals surface area contributed by atoms with E-state index in [4.69, 9.17) is 15.2 Å². The van der Waals surface area contributed by atoms with Crippen LogP contribution in [0.2, 0.25) is 0 Å². The maximum Gasteiger partial charge on any atom is 0.410 e. The summed E-state index contributed by atoms with van der Waals surface area (Å²) >= 11 is 0. The van der Waals surface area contributed by atoms with E-state index in [1.165, 1.54) is 0 Å². The molecule has 21 heavy (non-hydrogen) atoms. The molecule has 3 aliphatic rings. The van der Waals surface area contributed by atoms with E-state index in [1.807, 2.05) is 20.8 Å². The molecule has 2 N–H and O–H groups in total. The topological polar surface area (TPSA) is 77.1 Å². The third-order valence-electron chi connectivity index (χ3n) is 4.28. The van der Waals surface area contributed by atoms with Crippen molar-refractivity contribution in [1.82, 2.24) is 4.90 Å². The number of likely N-dealkylation sites (tertiary alicyclic amines) is 1. The van der Waals surface area contributed by atoms with E-state index < -0.39 is 5.60 Å². The van der Waals surface area contributed by atoms with Gasteiger partial charge in [-0.3, -0.25) is 4.99 Å². The molecule has 2 heterocycles. The number of fused-ring (bicyclic) bond motifs is 1. The lowest BCUT2D eigenvalue weighted by Crippen LogP contribution is -2.49. The minimum Gasteiger partial charge on any atom is -0.444 e. The van der Waals surface area contributed by atoms with Crippen molar-refractivity contribution in [2.24, 2.45) is 10.7 Å². The fourth-order valence-corrected chi connectivity index (χ4v) is 3.12. The van der Waals surface area contributed by atoms with Gasteiger partial charge in [0.1, 0.15) is 11.2 Å². The number of carbonyl (C=O) groups excluding carboxylic acids is 1. The number of nitrogens with zero attached hydrogens (tertiary/aromatic N) is 2. The highest BCUT2D eigenvalue weighted by molar-refractivity contribution is 6.11. The summed E-state index contributed by atoms with van der Waals surface area (Å²) in [6.07, 6.45) is 2.52. The van der Waals surface area contributed by atoms with Crippen LogP contribution in [0.15, 0.2) is 4.99 Å². The zero-order chi connectivity index (χ0) is 15.3. The van der Waals surface area contributed by atoms with E-state index in [-0.39, 0.29) is 23.8 Å². The van der Waals surface area contributed by atoms with Gasteiger partial charge in [-0.25, -0.2) is 4.79 Å². The quantitative estimate of drug-likeness (QED) is 0.833. The number of amides is 1. The summed E-state index contributed by atoms with van der Waals surface area (Å²) in [4.78, 5) is 18.3. The highest BCUT2D eigenvalue weighted by Gasteiger charge is 2.61. The first kappa shape index (κ1) is 14.8. The third kappa shape index (κ3) is 2.92. The molecular formula is C15H25N3O3. The Morgan fingerprint density at radius 3 is 2.81 bits per heavy atom. The smallest absolute Gasteiger partial charge is 0.410 e. The normalized spacial score (nSPS) is 35.2. The Hall–Kier alpha value is -1.14. The number of aliphatic imine (C=N–C) groups is 1. The molecule has 3 rings (SSSR count). The molecule has 0 bridgehead atoms. The largest absolute Gasteiger partial charge is 0.444 e. The van der Waals surface area contributed by atoms with Crippen LogP contribution in [0.25, 0.3) is 0 Å². The van der Waals surface area contributed by atoms with Gasteiger partial charge in [0.25, 0.3) is 0 Å². The van der Waals surface area contributed by atoms with Crippen molar-refractivity contribution in [3.05, 3.63) is 0 Å². The molecular weight excluding hydrogens is 270 g/mol. The van der Waals surface area contributed by atoms with Crippen molar-refractivity contribution in [3.63, 3.8) is 0 Å². The summed E-state index contributed by atoms with van der Waals surface area (Å²) in [7, 11) is 0. The summed E-state index contributed by atoms with van der Waals surface area (Å²) in [5.41, 5.74) is 6.42. The molecule has 1 amide bonds. The fourth-order valence-electron chi connectivity index (χ4n) is 3.12. The minimum atomic E-state index is -0.465. The zero-order valence-corrected chi connectivity index (χ0v) is 13.1. The van der Waals surface area contributed by atoms with Crippen LogP contribution in [-0.2, 0) is 9.47 Å². The molecule has 0 aromatic heterocycles. The minimum absolute atomic E-state index is 0.0237. The maximum absolute atomic E-state index is 12.2. The number of ether oxygens (including phenoxy) is 2. The van der Waals surface area contributed by atoms with Crippen LogP contribution in [0.5, 0.6) is 0 Å². The van der Waals surface area contributed by atoms with Crippen LogP contribution in [-0.4, -0.2) is 59.7 Å². The van der Waals surface area contributed by atoms with Gasteiger partial charge < -0.3 is 20.1 Å². The highest BCUT2D eigenvalue weighted by atomic mass is 16.6. The third-order valence-corrected chi connectivity index (χ3v) is 4.28. The van der Waals surface area contributed by atoms with Crippen molar-refractivity contribution >= 4 is 11.8 Å². The molecule has 0 aromatic rings. The number of rotatable bonds is 2. The number of piperidine rings is 1. The zero-order valence-electron chi connectivity index (χ0n) is 13.1. The standard InChI is InChI=1S/C15H25N3O3/c1-14(2,3)21-13(19)18-6-4-5-10(9-18)20-15-7-12(15)17-8-11(15)16/h10-11H,4-9,16H2,1-3H3/t10-,11?,15?/m1/s1. The average Bonchev–Trinajstić information content (AvgIpc) is 3.01. The van der Waals surface area contributed by atoms with Crippen LogP contribution in [0, 0.1) is 0 Å². The summed E-state index contributed by atoms with van der Waals surface area (Å²) < 4.78 is 11.7. The molecule has 2 unspecified atom stereocenters. The van der Waals surface area contributed by atoms with Crippen molar-refractivity contribution in [3.8, 4) is 0 Å². The van der Waals surface area contributed by atoms with Gasteiger partial charge in [-0.05, 0) is 33.6 Å². The van der Waals surface area contributed by atoms with Crippen LogP contribution >= 0.6 is 0 Å². The molecule has 1 aliphatic carbocycles. The molecule has 3 atom stereocenters. The van der Waals surface area contributed by atoms with Gasteiger partial charge in [0.2, 0.25) is 0 Å². The Kier molecular flexibility index (Phi) is 3.48. The first-order valence-electron chi connectivity index (χ1n) is 7.75. The Bertz CT molecular complexity index is 471.